The summed E-state index contributed by atoms with van der Waals surface area (Å²) in [6.45, 7) is 5.22. The lowest BCUT2D eigenvalue weighted by Crippen LogP contribution is -2.47. The van der Waals surface area contributed by atoms with Gasteiger partial charge < -0.3 is 19.3 Å². The molecule has 39 heavy (non-hydrogen) atoms. The monoisotopic (exact) mass is 558 g/mol. The number of carbonyl (C=O) groups is 1. The van der Waals surface area contributed by atoms with E-state index in [4.69, 9.17) is 21.1 Å². The third-order valence-electron chi connectivity index (χ3n) is 9.82. The van der Waals surface area contributed by atoms with Gasteiger partial charge in [0, 0.05) is 55.4 Å². The van der Waals surface area contributed by atoms with Crippen molar-refractivity contribution in [3.05, 3.63) is 69.2 Å². The summed E-state index contributed by atoms with van der Waals surface area (Å²) in [6.07, 6.45) is 4.68. The van der Waals surface area contributed by atoms with Gasteiger partial charge in [-0.2, -0.15) is 0 Å². The number of nitrogens with zero attached hydrogens (tertiary/aromatic N) is 2. The topological polar surface area (TPSA) is 42.0 Å². The Balaban J connectivity index is 1.21. The van der Waals surface area contributed by atoms with Crippen molar-refractivity contribution in [2.24, 2.45) is 5.92 Å². The van der Waals surface area contributed by atoms with Crippen LogP contribution in [0.25, 0.3) is 0 Å². The van der Waals surface area contributed by atoms with Crippen LogP contribution in [0.1, 0.15) is 66.7 Å². The summed E-state index contributed by atoms with van der Waals surface area (Å²) in [6, 6.07) is 8.48. The van der Waals surface area contributed by atoms with E-state index in [1.54, 1.807) is 0 Å². The number of rotatable bonds is 4. The van der Waals surface area contributed by atoms with Gasteiger partial charge in [-0.15, -0.1) is 0 Å². The van der Waals surface area contributed by atoms with E-state index >= 15 is 4.39 Å². The number of hydrogen-bond donors (Lipinski definition) is 0. The molecule has 1 spiro atoms. The largest absolute Gasteiger partial charge is 0.381 e. The lowest BCUT2D eigenvalue weighted by molar-refractivity contribution is -0.143. The summed E-state index contributed by atoms with van der Waals surface area (Å²) in [5.74, 6) is -1.72. The zero-order chi connectivity index (χ0) is 27.3. The maximum absolute atomic E-state index is 15.0. The van der Waals surface area contributed by atoms with E-state index in [-0.39, 0.29) is 23.8 Å². The van der Waals surface area contributed by atoms with Crippen LogP contribution in [0, 0.1) is 24.5 Å². The van der Waals surface area contributed by atoms with Gasteiger partial charge >= 0.3 is 0 Å². The van der Waals surface area contributed by atoms with Crippen LogP contribution in [0.2, 0.25) is 5.02 Å². The Hall–Kier alpha value is -2.06. The number of fused-ring (bicyclic) bond motifs is 2. The number of ether oxygens (including phenoxy) is 2. The summed E-state index contributed by atoms with van der Waals surface area (Å²) in [5.41, 5.74) is 3.41. The van der Waals surface area contributed by atoms with Gasteiger partial charge in [-0.05, 0) is 92.8 Å². The Morgan fingerprint density at radius 1 is 1.08 bits per heavy atom. The zero-order valence-electron chi connectivity index (χ0n) is 22.7. The Kier molecular flexibility index (Phi) is 7.46. The van der Waals surface area contributed by atoms with E-state index in [0.29, 0.717) is 57.0 Å². The van der Waals surface area contributed by atoms with Gasteiger partial charge in [0.05, 0.1) is 12.2 Å². The molecule has 3 fully saturated rings. The van der Waals surface area contributed by atoms with Crippen molar-refractivity contribution in [3.8, 4) is 0 Å². The standard InChI is InChI=1S/C31H37ClF2N2O3/c1-19-13-20-18-39-31(27(20)17-28(19)32)7-9-36(10-8-31)30(37)26-16-23(35(2)22-5-11-38-12-6-22)15-25(26)24-4-3-21(33)14-29(24)34/h3-4,13-14,17,22-23,25-26H,5-12,15-16,18H2,1-2H3/t23-,25+,26-/m1/s1. The van der Waals surface area contributed by atoms with Gasteiger partial charge in [0.2, 0.25) is 5.91 Å². The van der Waals surface area contributed by atoms with E-state index in [2.05, 4.69) is 18.0 Å². The molecule has 1 saturated carbocycles. The van der Waals surface area contributed by atoms with E-state index in [1.165, 1.54) is 17.7 Å². The van der Waals surface area contributed by atoms with Crippen molar-refractivity contribution in [3.63, 3.8) is 0 Å². The summed E-state index contributed by atoms with van der Waals surface area (Å²) in [4.78, 5) is 18.4. The van der Waals surface area contributed by atoms with Crippen molar-refractivity contribution in [2.45, 2.75) is 75.7 Å². The molecule has 0 radical (unpaired) electrons. The average Bonchev–Trinajstić information content (AvgIpc) is 3.52. The highest BCUT2D eigenvalue weighted by atomic mass is 35.5. The highest BCUT2D eigenvalue weighted by molar-refractivity contribution is 6.31. The Bertz CT molecular complexity index is 1240. The fourth-order valence-corrected chi connectivity index (χ4v) is 7.63. The summed E-state index contributed by atoms with van der Waals surface area (Å²) < 4.78 is 40.7. The van der Waals surface area contributed by atoms with Crippen molar-refractivity contribution in [1.82, 2.24) is 9.80 Å². The van der Waals surface area contributed by atoms with Gasteiger partial charge in [0.15, 0.2) is 0 Å². The number of likely N-dealkylation sites (tertiary alicyclic amines) is 1. The minimum atomic E-state index is -0.596. The molecular formula is C31H37ClF2N2O3. The molecule has 2 aromatic carbocycles. The molecule has 0 bridgehead atoms. The lowest BCUT2D eigenvalue weighted by atomic mass is 9.82. The molecule has 8 heteroatoms. The maximum Gasteiger partial charge on any atom is 0.226 e. The second-order valence-electron chi connectivity index (χ2n) is 11.9. The third-order valence-corrected chi connectivity index (χ3v) is 10.2. The number of amides is 1. The first-order chi connectivity index (χ1) is 18.8. The van der Waals surface area contributed by atoms with Crippen LogP contribution < -0.4 is 0 Å². The molecule has 4 aliphatic rings. The van der Waals surface area contributed by atoms with Crippen LogP contribution in [0.15, 0.2) is 30.3 Å². The summed E-state index contributed by atoms with van der Waals surface area (Å²) >= 11 is 6.47. The third kappa shape index (κ3) is 5.01. The van der Waals surface area contributed by atoms with Crippen molar-refractivity contribution in [2.75, 3.05) is 33.4 Å². The quantitative estimate of drug-likeness (QED) is 0.465. The molecule has 6 rings (SSSR count). The normalized spacial score (nSPS) is 26.9. The average molecular weight is 559 g/mol. The van der Waals surface area contributed by atoms with Crippen molar-refractivity contribution in [1.29, 1.82) is 0 Å². The molecule has 2 aromatic rings. The SMILES string of the molecule is Cc1cc2c(cc1Cl)C1(CCN(C(=O)[C@@H]3C[C@H](N(C)C4CCOCC4)C[C@H]3c3ccc(F)cc3F)CC1)OC2. The number of carbonyl (C=O) groups excluding carboxylic acids is 1. The predicted molar refractivity (Wildman–Crippen MR) is 146 cm³/mol. The summed E-state index contributed by atoms with van der Waals surface area (Å²) in [5, 5.41) is 0.743. The molecule has 0 aromatic heterocycles. The van der Waals surface area contributed by atoms with Crippen molar-refractivity contribution >= 4 is 17.5 Å². The van der Waals surface area contributed by atoms with E-state index in [0.717, 1.165) is 48.3 Å². The van der Waals surface area contributed by atoms with Crippen LogP contribution >= 0.6 is 11.6 Å². The molecular weight excluding hydrogens is 522 g/mol. The fraction of sp³-hybridized carbons (Fsp3) is 0.581. The van der Waals surface area contributed by atoms with Gasteiger partial charge in [0.25, 0.3) is 0 Å². The number of halogens is 3. The first kappa shape index (κ1) is 27.1. The van der Waals surface area contributed by atoms with Gasteiger partial charge in [-0.3, -0.25) is 4.79 Å². The highest BCUT2D eigenvalue weighted by Gasteiger charge is 2.48. The van der Waals surface area contributed by atoms with Gasteiger partial charge in [0.1, 0.15) is 11.6 Å². The van der Waals surface area contributed by atoms with Gasteiger partial charge in [-0.25, -0.2) is 8.78 Å². The molecule has 1 aliphatic carbocycles. The first-order valence-electron chi connectivity index (χ1n) is 14.2. The molecule has 210 valence electrons. The van der Waals surface area contributed by atoms with Crippen LogP contribution in [0.3, 0.4) is 0 Å². The maximum atomic E-state index is 15.0. The van der Waals surface area contributed by atoms with E-state index in [1.807, 2.05) is 17.9 Å². The first-order valence-corrected chi connectivity index (χ1v) is 14.6. The van der Waals surface area contributed by atoms with Gasteiger partial charge in [-0.1, -0.05) is 23.7 Å². The fourth-order valence-electron chi connectivity index (χ4n) is 7.47. The van der Waals surface area contributed by atoms with Crippen LogP contribution in [-0.2, 0) is 26.5 Å². The van der Waals surface area contributed by atoms with Crippen LogP contribution in [0.5, 0.6) is 0 Å². The van der Waals surface area contributed by atoms with E-state index in [9.17, 15) is 9.18 Å². The molecule has 5 nitrogen and oxygen atoms in total. The zero-order valence-corrected chi connectivity index (χ0v) is 23.5. The Morgan fingerprint density at radius 2 is 1.82 bits per heavy atom. The van der Waals surface area contributed by atoms with Crippen LogP contribution in [0.4, 0.5) is 8.78 Å². The highest BCUT2D eigenvalue weighted by Crippen LogP contribution is 2.48. The molecule has 0 N–H and O–H groups in total. The molecule has 2 saturated heterocycles. The lowest BCUT2D eigenvalue weighted by Gasteiger charge is -2.40. The van der Waals surface area contributed by atoms with Crippen molar-refractivity contribution < 1.29 is 23.0 Å². The minimum Gasteiger partial charge on any atom is -0.381 e. The minimum absolute atomic E-state index is 0.0709. The molecule has 3 heterocycles. The molecule has 3 atom stereocenters. The Labute approximate surface area is 234 Å². The number of piperidine rings is 1. The Morgan fingerprint density at radius 3 is 2.54 bits per heavy atom. The molecule has 0 unspecified atom stereocenters. The predicted octanol–water partition coefficient (Wildman–Crippen LogP) is 5.95. The number of benzene rings is 2. The van der Waals surface area contributed by atoms with E-state index < -0.39 is 17.2 Å². The smallest absolute Gasteiger partial charge is 0.226 e. The number of aryl methyl sites for hydroxylation is 1. The number of hydrogen-bond acceptors (Lipinski definition) is 4. The molecule has 1 amide bonds. The summed E-state index contributed by atoms with van der Waals surface area (Å²) in [7, 11) is 2.12. The van der Waals surface area contributed by atoms with Crippen LogP contribution in [-0.4, -0.2) is 61.1 Å². The molecule has 3 aliphatic heterocycles. The second-order valence-corrected chi connectivity index (χ2v) is 12.3. The second kappa shape index (κ2) is 10.7.